The topological polar surface area (TPSA) is 38.3 Å². The van der Waals surface area contributed by atoms with Crippen LogP contribution in [0, 0.1) is 0 Å². The summed E-state index contributed by atoms with van der Waals surface area (Å²) in [5.74, 6) is 0.964. The zero-order valence-electron chi connectivity index (χ0n) is 10.6. The fourth-order valence-corrected chi connectivity index (χ4v) is 1.39. The van der Waals surface area contributed by atoms with E-state index in [2.05, 4.69) is 12.2 Å². The molecule has 0 heterocycles. The fraction of sp³-hybridized carbons (Fsp3) is 0.500. The van der Waals surface area contributed by atoms with Gasteiger partial charge in [-0.05, 0) is 31.9 Å². The SMILES string of the molecule is CC[C@H](C)NC(=O)CCCOc1ccccc1. The quantitative estimate of drug-likeness (QED) is 0.738. The lowest BCUT2D eigenvalue weighted by atomic mass is 10.2. The molecule has 0 radical (unpaired) electrons. The van der Waals surface area contributed by atoms with E-state index in [0.29, 0.717) is 13.0 Å². The summed E-state index contributed by atoms with van der Waals surface area (Å²) in [5, 5.41) is 2.93. The molecule has 0 aromatic heterocycles. The van der Waals surface area contributed by atoms with E-state index in [1.54, 1.807) is 0 Å². The number of para-hydroxylation sites is 1. The van der Waals surface area contributed by atoms with Crippen molar-refractivity contribution >= 4 is 5.91 Å². The van der Waals surface area contributed by atoms with Crippen molar-refractivity contribution in [2.75, 3.05) is 6.61 Å². The molecule has 1 N–H and O–H groups in total. The first-order valence-corrected chi connectivity index (χ1v) is 6.19. The first kappa shape index (κ1) is 13.6. The third-order valence-corrected chi connectivity index (χ3v) is 2.58. The smallest absolute Gasteiger partial charge is 0.220 e. The molecule has 3 heteroatoms. The van der Waals surface area contributed by atoms with Crippen LogP contribution in [0.3, 0.4) is 0 Å². The van der Waals surface area contributed by atoms with Crippen molar-refractivity contribution in [1.82, 2.24) is 5.32 Å². The Hall–Kier alpha value is -1.51. The molecule has 3 nitrogen and oxygen atoms in total. The van der Waals surface area contributed by atoms with E-state index in [9.17, 15) is 4.79 Å². The predicted octanol–water partition coefficient (Wildman–Crippen LogP) is 2.76. The van der Waals surface area contributed by atoms with Crippen LogP contribution < -0.4 is 10.1 Å². The first-order valence-electron chi connectivity index (χ1n) is 6.19. The highest BCUT2D eigenvalue weighted by Crippen LogP contribution is 2.08. The van der Waals surface area contributed by atoms with Gasteiger partial charge in [-0.15, -0.1) is 0 Å². The van der Waals surface area contributed by atoms with Gasteiger partial charge >= 0.3 is 0 Å². The average molecular weight is 235 g/mol. The standard InChI is InChI=1S/C14H21NO2/c1-3-12(2)15-14(16)10-7-11-17-13-8-5-4-6-9-13/h4-6,8-9,12H,3,7,10-11H2,1-2H3,(H,15,16)/t12-/m0/s1. The molecule has 0 bridgehead atoms. The summed E-state index contributed by atoms with van der Waals surface area (Å²) < 4.78 is 5.51. The molecule has 0 aliphatic rings. The molecule has 0 saturated heterocycles. The molecule has 1 atom stereocenters. The van der Waals surface area contributed by atoms with Gasteiger partial charge in [-0.1, -0.05) is 25.1 Å². The number of rotatable bonds is 7. The van der Waals surface area contributed by atoms with Gasteiger partial charge in [-0.2, -0.15) is 0 Å². The lowest BCUT2D eigenvalue weighted by Gasteiger charge is -2.11. The molecule has 1 aromatic rings. The van der Waals surface area contributed by atoms with E-state index in [0.717, 1.165) is 18.6 Å². The van der Waals surface area contributed by atoms with E-state index in [1.165, 1.54) is 0 Å². The van der Waals surface area contributed by atoms with Crippen LogP contribution in [0.25, 0.3) is 0 Å². The maximum absolute atomic E-state index is 11.5. The molecule has 94 valence electrons. The van der Waals surface area contributed by atoms with Gasteiger partial charge in [-0.3, -0.25) is 4.79 Å². The molecule has 0 aliphatic heterocycles. The van der Waals surface area contributed by atoms with E-state index < -0.39 is 0 Å². The Morgan fingerprint density at radius 3 is 2.71 bits per heavy atom. The predicted molar refractivity (Wildman–Crippen MR) is 69.1 cm³/mol. The lowest BCUT2D eigenvalue weighted by Crippen LogP contribution is -2.31. The Balaban J connectivity index is 2.10. The molecular formula is C14H21NO2. The zero-order valence-corrected chi connectivity index (χ0v) is 10.6. The zero-order chi connectivity index (χ0) is 12.5. The third-order valence-electron chi connectivity index (χ3n) is 2.58. The Bertz CT molecular complexity index is 324. The number of ether oxygens (including phenoxy) is 1. The summed E-state index contributed by atoms with van der Waals surface area (Å²) in [5.41, 5.74) is 0. The highest BCUT2D eigenvalue weighted by Gasteiger charge is 2.04. The van der Waals surface area contributed by atoms with Crippen LogP contribution in [0.4, 0.5) is 0 Å². The van der Waals surface area contributed by atoms with Gasteiger partial charge in [0.25, 0.3) is 0 Å². The van der Waals surface area contributed by atoms with Crippen LogP contribution >= 0.6 is 0 Å². The van der Waals surface area contributed by atoms with Gasteiger partial charge in [0.1, 0.15) is 5.75 Å². The molecule has 17 heavy (non-hydrogen) atoms. The highest BCUT2D eigenvalue weighted by molar-refractivity contribution is 5.76. The van der Waals surface area contributed by atoms with Crippen LogP contribution in [0.5, 0.6) is 5.75 Å². The van der Waals surface area contributed by atoms with Gasteiger partial charge in [0.15, 0.2) is 0 Å². The summed E-state index contributed by atoms with van der Waals surface area (Å²) >= 11 is 0. The number of hydrogen-bond donors (Lipinski definition) is 1. The molecule has 0 saturated carbocycles. The molecule has 0 aliphatic carbocycles. The van der Waals surface area contributed by atoms with Gasteiger partial charge < -0.3 is 10.1 Å². The minimum Gasteiger partial charge on any atom is -0.494 e. The van der Waals surface area contributed by atoms with E-state index >= 15 is 0 Å². The van der Waals surface area contributed by atoms with Gasteiger partial charge in [0.2, 0.25) is 5.91 Å². The monoisotopic (exact) mass is 235 g/mol. The number of carbonyl (C=O) groups is 1. The maximum atomic E-state index is 11.5. The van der Waals surface area contributed by atoms with Crippen molar-refractivity contribution in [1.29, 1.82) is 0 Å². The maximum Gasteiger partial charge on any atom is 0.220 e. The van der Waals surface area contributed by atoms with E-state index in [1.807, 2.05) is 37.3 Å². The number of nitrogens with one attached hydrogen (secondary N) is 1. The van der Waals surface area contributed by atoms with E-state index in [-0.39, 0.29) is 11.9 Å². The summed E-state index contributed by atoms with van der Waals surface area (Å²) in [6.07, 6.45) is 2.24. The molecule has 0 unspecified atom stereocenters. The summed E-state index contributed by atoms with van der Waals surface area (Å²) in [6.45, 7) is 4.65. The van der Waals surface area contributed by atoms with Crippen LogP contribution in [-0.4, -0.2) is 18.6 Å². The Morgan fingerprint density at radius 2 is 2.06 bits per heavy atom. The third kappa shape index (κ3) is 5.95. The molecule has 1 amide bonds. The average Bonchev–Trinajstić information content (AvgIpc) is 2.36. The number of benzene rings is 1. The highest BCUT2D eigenvalue weighted by atomic mass is 16.5. The second-order valence-corrected chi connectivity index (χ2v) is 4.14. The van der Waals surface area contributed by atoms with Crippen molar-refractivity contribution in [2.45, 2.75) is 39.2 Å². The first-order chi connectivity index (χ1) is 8.22. The van der Waals surface area contributed by atoms with Crippen molar-refractivity contribution in [2.24, 2.45) is 0 Å². The van der Waals surface area contributed by atoms with Gasteiger partial charge in [-0.25, -0.2) is 0 Å². The molecular weight excluding hydrogens is 214 g/mol. The molecule has 0 spiro atoms. The lowest BCUT2D eigenvalue weighted by molar-refractivity contribution is -0.121. The Kier molecular flexibility index (Phi) is 6.15. The van der Waals surface area contributed by atoms with Crippen LogP contribution in [-0.2, 0) is 4.79 Å². The number of carbonyl (C=O) groups excluding carboxylic acids is 1. The Labute approximate surface area is 103 Å². The minimum atomic E-state index is 0.107. The number of amides is 1. The summed E-state index contributed by atoms with van der Waals surface area (Å²) in [6, 6.07) is 9.92. The normalized spacial score (nSPS) is 11.9. The summed E-state index contributed by atoms with van der Waals surface area (Å²) in [4.78, 5) is 11.5. The van der Waals surface area contributed by atoms with Crippen LogP contribution in [0.15, 0.2) is 30.3 Å². The second-order valence-electron chi connectivity index (χ2n) is 4.14. The Morgan fingerprint density at radius 1 is 1.35 bits per heavy atom. The molecule has 0 fully saturated rings. The second kappa shape index (κ2) is 7.71. The fourth-order valence-electron chi connectivity index (χ4n) is 1.39. The van der Waals surface area contributed by atoms with Gasteiger partial charge in [0.05, 0.1) is 6.61 Å². The summed E-state index contributed by atoms with van der Waals surface area (Å²) in [7, 11) is 0. The van der Waals surface area contributed by atoms with Crippen LogP contribution in [0.1, 0.15) is 33.1 Å². The van der Waals surface area contributed by atoms with Gasteiger partial charge in [0, 0.05) is 12.5 Å². The van der Waals surface area contributed by atoms with Crippen LogP contribution in [0.2, 0.25) is 0 Å². The molecule has 1 aromatic carbocycles. The van der Waals surface area contributed by atoms with Crippen molar-refractivity contribution < 1.29 is 9.53 Å². The van der Waals surface area contributed by atoms with Crippen molar-refractivity contribution in [3.05, 3.63) is 30.3 Å². The molecule has 1 rings (SSSR count). The van der Waals surface area contributed by atoms with Crippen molar-refractivity contribution in [3.63, 3.8) is 0 Å². The van der Waals surface area contributed by atoms with Crippen molar-refractivity contribution in [3.8, 4) is 5.75 Å². The number of hydrogen-bond acceptors (Lipinski definition) is 2. The minimum absolute atomic E-state index is 0.107. The van der Waals surface area contributed by atoms with E-state index in [4.69, 9.17) is 4.74 Å². The largest absolute Gasteiger partial charge is 0.494 e.